The summed E-state index contributed by atoms with van der Waals surface area (Å²) in [7, 11) is 0. The molecule has 0 atom stereocenters. The summed E-state index contributed by atoms with van der Waals surface area (Å²) in [5, 5.41) is 4.09. The van der Waals surface area contributed by atoms with Gasteiger partial charge in [-0.2, -0.15) is 0 Å². The summed E-state index contributed by atoms with van der Waals surface area (Å²) in [4.78, 5) is 12.1. The minimum atomic E-state index is -0.131. The molecule has 2 aromatic rings. The first-order chi connectivity index (χ1) is 9.97. The van der Waals surface area contributed by atoms with E-state index in [2.05, 4.69) is 37.2 Å². The Kier molecular flexibility index (Phi) is 6.11. The van der Waals surface area contributed by atoms with Crippen LogP contribution in [-0.4, -0.2) is 12.5 Å². The third-order valence-electron chi connectivity index (χ3n) is 2.87. The van der Waals surface area contributed by atoms with Gasteiger partial charge in [-0.1, -0.05) is 45.2 Å². The second-order valence-corrected chi connectivity index (χ2v) is 6.98. The molecule has 0 bridgehead atoms. The van der Waals surface area contributed by atoms with Crippen LogP contribution >= 0.6 is 55.1 Å². The Hall–Kier alpha value is -0.550. The fourth-order valence-corrected chi connectivity index (χ4v) is 3.09. The molecule has 0 fully saturated rings. The van der Waals surface area contributed by atoms with Crippen molar-refractivity contribution in [1.82, 2.24) is 5.32 Å². The lowest BCUT2D eigenvalue weighted by atomic mass is 10.1. The van der Waals surface area contributed by atoms with Crippen LogP contribution in [0.15, 0.2) is 45.3 Å². The van der Waals surface area contributed by atoms with Crippen molar-refractivity contribution < 1.29 is 4.79 Å². The van der Waals surface area contributed by atoms with E-state index in [0.717, 1.165) is 14.5 Å². The van der Waals surface area contributed by atoms with E-state index >= 15 is 0 Å². The molecule has 0 aromatic heterocycles. The molecule has 110 valence electrons. The number of rotatable bonds is 4. The molecule has 0 unspecified atom stereocenters. The number of hydrogen-bond donors (Lipinski definition) is 1. The Labute approximate surface area is 150 Å². The van der Waals surface area contributed by atoms with E-state index in [1.165, 1.54) is 0 Å². The summed E-state index contributed by atoms with van der Waals surface area (Å²) in [5.41, 5.74) is 1.54. The zero-order valence-electron chi connectivity index (χ0n) is 10.8. The molecule has 2 rings (SSSR count). The van der Waals surface area contributed by atoms with Crippen LogP contribution in [-0.2, 0) is 6.42 Å². The number of benzene rings is 2. The molecule has 2 aromatic carbocycles. The maximum Gasteiger partial charge on any atom is 0.252 e. The standard InChI is InChI=1S/C15H11Br2Cl2NO/c16-10-2-4-13(17)12(7-10)15(21)20-6-5-9-1-3-11(18)8-14(9)19/h1-4,7-8H,5-6H2,(H,20,21). The van der Waals surface area contributed by atoms with E-state index < -0.39 is 0 Å². The Morgan fingerprint density at radius 3 is 2.57 bits per heavy atom. The molecule has 0 aliphatic heterocycles. The zero-order valence-corrected chi connectivity index (χ0v) is 15.5. The van der Waals surface area contributed by atoms with Gasteiger partial charge in [-0.05, 0) is 58.2 Å². The maximum absolute atomic E-state index is 12.1. The van der Waals surface area contributed by atoms with Crippen LogP contribution in [0.4, 0.5) is 0 Å². The minimum absolute atomic E-state index is 0.131. The van der Waals surface area contributed by atoms with Gasteiger partial charge in [0.1, 0.15) is 0 Å². The molecule has 0 spiro atoms. The third-order valence-corrected chi connectivity index (χ3v) is 4.64. The molecule has 0 heterocycles. The molecular weight excluding hydrogens is 441 g/mol. The average molecular weight is 452 g/mol. The zero-order chi connectivity index (χ0) is 15.4. The third kappa shape index (κ3) is 4.71. The molecule has 6 heteroatoms. The van der Waals surface area contributed by atoms with E-state index in [4.69, 9.17) is 23.2 Å². The maximum atomic E-state index is 12.1. The number of carbonyl (C=O) groups excluding carboxylic acids is 1. The molecule has 0 radical (unpaired) electrons. The lowest BCUT2D eigenvalue weighted by molar-refractivity contribution is 0.0953. The Balaban J connectivity index is 1.97. The predicted molar refractivity (Wildman–Crippen MR) is 94.3 cm³/mol. The van der Waals surface area contributed by atoms with Gasteiger partial charge in [0.15, 0.2) is 0 Å². The van der Waals surface area contributed by atoms with E-state index in [1.807, 2.05) is 18.2 Å². The normalized spacial score (nSPS) is 10.5. The number of hydrogen-bond acceptors (Lipinski definition) is 1. The van der Waals surface area contributed by atoms with Gasteiger partial charge in [0.05, 0.1) is 5.56 Å². The first kappa shape index (κ1) is 16.8. The Morgan fingerprint density at radius 2 is 1.86 bits per heavy atom. The van der Waals surface area contributed by atoms with Crippen LogP contribution in [0.25, 0.3) is 0 Å². The van der Waals surface area contributed by atoms with Crippen LogP contribution in [0.1, 0.15) is 15.9 Å². The van der Waals surface area contributed by atoms with E-state index in [0.29, 0.717) is 28.6 Å². The number of amides is 1. The van der Waals surface area contributed by atoms with Crippen molar-refractivity contribution >= 4 is 61.0 Å². The minimum Gasteiger partial charge on any atom is -0.352 e. The van der Waals surface area contributed by atoms with Crippen molar-refractivity contribution in [2.45, 2.75) is 6.42 Å². The van der Waals surface area contributed by atoms with E-state index in [1.54, 1.807) is 18.2 Å². The summed E-state index contributed by atoms with van der Waals surface area (Å²) in [6, 6.07) is 10.8. The monoisotopic (exact) mass is 449 g/mol. The molecular formula is C15H11Br2Cl2NO. The van der Waals surface area contributed by atoms with Crippen molar-refractivity contribution in [3.63, 3.8) is 0 Å². The van der Waals surface area contributed by atoms with Crippen LogP contribution in [0.5, 0.6) is 0 Å². The van der Waals surface area contributed by atoms with Gasteiger partial charge in [-0.25, -0.2) is 0 Å². The second kappa shape index (κ2) is 7.63. The van der Waals surface area contributed by atoms with Crippen molar-refractivity contribution in [3.8, 4) is 0 Å². The highest BCUT2D eigenvalue weighted by Crippen LogP contribution is 2.22. The lowest BCUT2D eigenvalue weighted by Crippen LogP contribution is -2.26. The fourth-order valence-electron chi connectivity index (χ4n) is 1.80. The quantitative estimate of drug-likeness (QED) is 0.654. The largest absolute Gasteiger partial charge is 0.352 e. The van der Waals surface area contributed by atoms with Crippen LogP contribution < -0.4 is 5.32 Å². The molecule has 0 saturated carbocycles. The highest BCUT2D eigenvalue weighted by atomic mass is 79.9. The summed E-state index contributed by atoms with van der Waals surface area (Å²) < 4.78 is 1.62. The van der Waals surface area contributed by atoms with Crippen LogP contribution in [0, 0.1) is 0 Å². The highest BCUT2D eigenvalue weighted by molar-refractivity contribution is 9.11. The highest BCUT2D eigenvalue weighted by Gasteiger charge is 2.10. The number of halogens is 4. The molecule has 2 nitrogen and oxygen atoms in total. The predicted octanol–water partition coefficient (Wildman–Crippen LogP) is 5.49. The number of carbonyl (C=O) groups is 1. The lowest BCUT2D eigenvalue weighted by Gasteiger charge is -2.08. The smallest absolute Gasteiger partial charge is 0.252 e. The van der Waals surface area contributed by atoms with E-state index in [9.17, 15) is 4.79 Å². The molecule has 1 amide bonds. The fraction of sp³-hybridized carbons (Fsp3) is 0.133. The molecule has 0 aliphatic carbocycles. The van der Waals surface area contributed by atoms with Gasteiger partial charge in [0, 0.05) is 25.5 Å². The summed E-state index contributed by atoms with van der Waals surface area (Å²) >= 11 is 18.7. The van der Waals surface area contributed by atoms with Gasteiger partial charge in [-0.3, -0.25) is 4.79 Å². The molecule has 0 saturated heterocycles. The van der Waals surface area contributed by atoms with Crippen molar-refractivity contribution in [1.29, 1.82) is 0 Å². The first-order valence-corrected chi connectivity index (χ1v) is 8.49. The second-order valence-electron chi connectivity index (χ2n) is 4.37. The Morgan fingerprint density at radius 1 is 1.10 bits per heavy atom. The van der Waals surface area contributed by atoms with Gasteiger partial charge < -0.3 is 5.32 Å². The number of nitrogens with one attached hydrogen (secondary N) is 1. The average Bonchev–Trinajstić information content (AvgIpc) is 2.43. The van der Waals surface area contributed by atoms with Gasteiger partial charge >= 0.3 is 0 Å². The topological polar surface area (TPSA) is 29.1 Å². The van der Waals surface area contributed by atoms with Crippen molar-refractivity contribution in [2.75, 3.05) is 6.54 Å². The van der Waals surface area contributed by atoms with Gasteiger partial charge in [-0.15, -0.1) is 0 Å². The molecule has 0 aliphatic rings. The SMILES string of the molecule is O=C(NCCc1ccc(Cl)cc1Cl)c1cc(Br)ccc1Br. The molecule has 1 N–H and O–H groups in total. The van der Waals surface area contributed by atoms with Crippen molar-refractivity contribution in [2.24, 2.45) is 0 Å². The van der Waals surface area contributed by atoms with Crippen LogP contribution in [0.3, 0.4) is 0 Å². The van der Waals surface area contributed by atoms with E-state index in [-0.39, 0.29) is 5.91 Å². The van der Waals surface area contributed by atoms with Gasteiger partial charge in [0.2, 0.25) is 0 Å². The van der Waals surface area contributed by atoms with Gasteiger partial charge in [0.25, 0.3) is 5.91 Å². The summed E-state index contributed by atoms with van der Waals surface area (Å²) in [6.45, 7) is 0.499. The first-order valence-electron chi connectivity index (χ1n) is 6.14. The molecule has 21 heavy (non-hydrogen) atoms. The Bertz CT molecular complexity index is 677. The van der Waals surface area contributed by atoms with Crippen LogP contribution in [0.2, 0.25) is 10.0 Å². The van der Waals surface area contributed by atoms with Crippen molar-refractivity contribution in [3.05, 3.63) is 66.5 Å². The summed E-state index contributed by atoms with van der Waals surface area (Å²) in [6.07, 6.45) is 0.646. The summed E-state index contributed by atoms with van der Waals surface area (Å²) in [5.74, 6) is -0.131.